The molecule has 2 heterocycles. The summed E-state index contributed by atoms with van der Waals surface area (Å²) in [6.07, 6.45) is 1.31. The van der Waals surface area contributed by atoms with Crippen molar-refractivity contribution in [2.75, 3.05) is 26.7 Å². The van der Waals surface area contributed by atoms with Crippen molar-refractivity contribution in [1.82, 2.24) is 15.2 Å². The number of nitrogens with one attached hydrogen (secondary N) is 1. The number of fused-ring (bicyclic) bond motifs is 1. The Morgan fingerprint density at radius 2 is 1.68 bits per heavy atom. The zero-order valence-corrected chi connectivity index (χ0v) is 21.3. The summed E-state index contributed by atoms with van der Waals surface area (Å²) >= 11 is 0. The molecule has 0 bridgehead atoms. The first kappa shape index (κ1) is 25.5. The first-order valence-corrected chi connectivity index (χ1v) is 12.8. The van der Waals surface area contributed by atoms with E-state index in [4.69, 9.17) is 9.72 Å². The number of rotatable bonds is 8. The minimum absolute atomic E-state index is 0.0503. The largest absolute Gasteiger partial charge is 0.497 e. The fourth-order valence-corrected chi connectivity index (χ4v) is 4.91. The van der Waals surface area contributed by atoms with Crippen LogP contribution < -0.4 is 10.1 Å². The first-order valence-electron chi connectivity index (χ1n) is 12.8. The van der Waals surface area contributed by atoms with E-state index in [0.717, 1.165) is 16.5 Å². The maximum atomic E-state index is 13.6. The number of piperidine rings is 1. The summed E-state index contributed by atoms with van der Waals surface area (Å²) in [4.78, 5) is 33.0. The quantitative estimate of drug-likeness (QED) is 0.330. The third-order valence-electron chi connectivity index (χ3n) is 7.14. The minimum Gasteiger partial charge on any atom is -0.497 e. The van der Waals surface area contributed by atoms with Gasteiger partial charge in [-0.2, -0.15) is 0 Å². The second-order valence-corrected chi connectivity index (χ2v) is 9.62. The summed E-state index contributed by atoms with van der Waals surface area (Å²) in [6, 6.07) is 24.5. The van der Waals surface area contributed by atoms with Crippen molar-refractivity contribution < 1.29 is 18.7 Å². The number of Topliss-reactive ketones (excluding diaryl/α,β-unsaturated/α-hetero) is 1. The van der Waals surface area contributed by atoms with E-state index in [1.807, 2.05) is 36.4 Å². The second-order valence-electron chi connectivity index (χ2n) is 9.62. The van der Waals surface area contributed by atoms with Crippen molar-refractivity contribution in [3.8, 4) is 5.75 Å². The molecular weight excluding hydrogens is 481 g/mol. The van der Waals surface area contributed by atoms with Crippen LogP contribution in [0.3, 0.4) is 0 Å². The van der Waals surface area contributed by atoms with Gasteiger partial charge in [-0.15, -0.1) is 0 Å². The van der Waals surface area contributed by atoms with Crippen molar-refractivity contribution in [3.63, 3.8) is 0 Å². The van der Waals surface area contributed by atoms with Gasteiger partial charge in [-0.05, 0) is 80.0 Å². The lowest BCUT2D eigenvalue weighted by Gasteiger charge is -2.31. The van der Waals surface area contributed by atoms with Crippen LogP contribution in [0.25, 0.3) is 10.9 Å². The van der Waals surface area contributed by atoms with E-state index < -0.39 is 6.04 Å². The SMILES string of the molecule is COc1ccc(C(=O)CN2CCC(C(=O)NC(c3ccc(F)cc3)c3ccc4ccccc4n3)CC2)cc1. The Kier molecular flexibility index (Phi) is 7.75. The monoisotopic (exact) mass is 511 g/mol. The van der Waals surface area contributed by atoms with Gasteiger partial charge in [-0.1, -0.05) is 36.4 Å². The summed E-state index contributed by atoms with van der Waals surface area (Å²) in [7, 11) is 1.59. The summed E-state index contributed by atoms with van der Waals surface area (Å²) in [5.74, 6) is 0.198. The number of hydrogen-bond donors (Lipinski definition) is 1. The van der Waals surface area contributed by atoms with Crippen LogP contribution in [0.15, 0.2) is 84.9 Å². The number of carbonyl (C=O) groups excluding carboxylic acids is 2. The van der Waals surface area contributed by atoms with E-state index in [9.17, 15) is 14.0 Å². The number of pyridine rings is 1. The average Bonchev–Trinajstić information content (AvgIpc) is 2.96. The molecule has 0 saturated carbocycles. The Labute approximate surface area is 221 Å². The van der Waals surface area contributed by atoms with E-state index in [1.54, 1.807) is 43.5 Å². The molecule has 194 valence electrons. The van der Waals surface area contributed by atoms with Gasteiger partial charge in [0, 0.05) is 16.9 Å². The van der Waals surface area contributed by atoms with Gasteiger partial charge in [-0.3, -0.25) is 19.5 Å². The standard InChI is InChI=1S/C31H30FN3O3/c1-38-26-13-8-22(9-14-26)29(36)20-35-18-16-24(17-19-35)31(37)34-30(23-6-11-25(32)12-7-23)28-15-10-21-4-2-3-5-27(21)33-28/h2-15,24,30H,16-20H2,1H3,(H,34,37). The molecule has 1 unspecified atom stereocenters. The van der Waals surface area contributed by atoms with E-state index >= 15 is 0 Å². The van der Waals surface area contributed by atoms with Gasteiger partial charge in [0.05, 0.1) is 30.9 Å². The third-order valence-corrected chi connectivity index (χ3v) is 7.14. The lowest BCUT2D eigenvalue weighted by molar-refractivity contribution is -0.126. The molecule has 0 spiro atoms. The molecule has 38 heavy (non-hydrogen) atoms. The van der Waals surface area contributed by atoms with Crippen LogP contribution in [0.1, 0.15) is 40.5 Å². The number of ketones is 1. The molecule has 6 nitrogen and oxygen atoms in total. The number of para-hydroxylation sites is 1. The Balaban J connectivity index is 1.25. The van der Waals surface area contributed by atoms with Crippen molar-refractivity contribution in [1.29, 1.82) is 0 Å². The molecule has 1 aromatic heterocycles. The van der Waals surface area contributed by atoms with Crippen LogP contribution in [0, 0.1) is 11.7 Å². The van der Waals surface area contributed by atoms with Gasteiger partial charge in [0.25, 0.3) is 0 Å². The lowest BCUT2D eigenvalue weighted by atomic mass is 9.94. The molecule has 1 aliphatic heterocycles. The number of benzene rings is 3. The number of carbonyl (C=O) groups is 2. The number of nitrogens with zero attached hydrogens (tertiary/aromatic N) is 2. The number of ether oxygens (including phenoxy) is 1. The predicted octanol–water partition coefficient (Wildman–Crippen LogP) is 5.18. The maximum Gasteiger partial charge on any atom is 0.224 e. The molecule has 1 atom stereocenters. The first-order chi connectivity index (χ1) is 18.5. The summed E-state index contributed by atoms with van der Waals surface area (Å²) in [5, 5.41) is 4.19. The maximum absolute atomic E-state index is 13.6. The molecule has 5 rings (SSSR count). The second kappa shape index (κ2) is 11.5. The van der Waals surface area contributed by atoms with Crippen LogP contribution in [0.2, 0.25) is 0 Å². The van der Waals surface area contributed by atoms with Crippen molar-refractivity contribution >= 4 is 22.6 Å². The zero-order chi connectivity index (χ0) is 26.5. The number of likely N-dealkylation sites (tertiary alicyclic amines) is 1. The highest BCUT2D eigenvalue weighted by Gasteiger charge is 2.29. The molecule has 7 heteroatoms. The van der Waals surface area contributed by atoms with Crippen LogP contribution in [0.4, 0.5) is 4.39 Å². The minimum atomic E-state index is -0.498. The highest BCUT2D eigenvalue weighted by molar-refractivity contribution is 5.97. The number of methoxy groups -OCH3 is 1. The van der Waals surface area contributed by atoms with Gasteiger partial charge >= 0.3 is 0 Å². The smallest absolute Gasteiger partial charge is 0.224 e. The summed E-state index contributed by atoms with van der Waals surface area (Å²) in [5.41, 5.74) is 2.95. The highest BCUT2D eigenvalue weighted by atomic mass is 19.1. The van der Waals surface area contributed by atoms with Gasteiger partial charge < -0.3 is 10.1 Å². The van der Waals surface area contributed by atoms with E-state index in [2.05, 4.69) is 10.2 Å². The molecule has 1 saturated heterocycles. The molecule has 1 N–H and O–H groups in total. The lowest BCUT2D eigenvalue weighted by Crippen LogP contribution is -2.43. The predicted molar refractivity (Wildman–Crippen MR) is 145 cm³/mol. The van der Waals surface area contributed by atoms with Gasteiger partial charge in [0.1, 0.15) is 11.6 Å². The van der Waals surface area contributed by atoms with Crippen LogP contribution in [-0.2, 0) is 4.79 Å². The van der Waals surface area contributed by atoms with E-state index in [0.29, 0.717) is 49.5 Å². The summed E-state index contributed by atoms with van der Waals surface area (Å²) < 4.78 is 18.8. The third kappa shape index (κ3) is 5.89. The molecule has 1 fully saturated rings. The fraction of sp³-hybridized carbons (Fsp3) is 0.258. The van der Waals surface area contributed by atoms with Gasteiger partial charge in [-0.25, -0.2) is 4.39 Å². The number of aromatic nitrogens is 1. The Morgan fingerprint density at radius 3 is 2.39 bits per heavy atom. The van der Waals surface area contributed by atoms with Crippen LogP contribution in [0.5, 0.6) is 5.75 Å². The van der Waals surface area contributed by atoms with Crippen molar-refractivity contribution in [3.05, 3.63) is 108 Å². The Hall–Kier alpha value is -4.10. The van der Waals surface area contributed by atoms with Gasteiger partial charge in [0.2, 0.25) is 5.91 Å². The molecular formula is C31H30FN3O3. The topological polar surface area (TPSA) is 71.5 Å². The normalized spacial score (nSPS) is 15.2. The van der Waals surface area contributed by atoms with E-state index in [1.165, 1.54) is 12.1 Å². The number of amides is 1. The Bertz CT molecular complexity index is 1410. The van der Waals surface area contributed by atoms with Gasteiger partial charge in [0.15, 0.2) is 5.78 Å². The molecule has 0 radical (unpaired) electrons. The average molecular weight is 512 g/mol. The van der Waals surface area contributed by atoms with Crippen LogP contribution in [-0.4, -0.2) is 48.3 Å². The van der Waals surface area contributed by atoms with Crippen molar-refractivity contribution in [2.24, 2.45) is 5.92 Å². The van der Waals surface area contributed by atoms with E-state index in [-0.39, 0.29) is 23.4 Å². The number of halogens is 1. The fourth-order valence-electron chi connectivity index (χ4n) is 4.91. The summed E-state index contributed by atoms with van der Waals surface area (Å²) in [6.45, 7) is 1.64. The molecule has 1 amide bonds. The highest BCUT2D eigenvalue weighted by Crippen LogP contribution is 2.26. The molecule has 0 aliphatic carbocycles. The zero-order valence-electron chi connectivity index (χ0n) is 21.3. The molecule has 4 aromatic rings. The number of hydrogen-bond acceptors (Lipinski definition) is 5. The van der Waals surface area contributed by atoms with Crippen molar-refractivity contribution in [2.45, 2.75) is 18.9 Å². The molecule has 1 aliphatic rings. The molecule has 3 aromatic carbocycles. The van der Waals surface area contributed by atoms with Crippen LogP contribution >= 0.6 is 0 Å². The Morgan fingerprint density at radius 1 is 0.974 bits per heavy atom.